The molecule has 0 aliphatic heterocycles. The van der Waals surface area contributed by atoms with E-state index >= 15 is 0 Å². The lowest BCUT2D eigenvalue weighted by molar-refractivity contribution is -0.140. The van der Waals surface area contributed by atoms with E-state index in [0.29, 0.717) is 22.9 Å². The third-order valence-electron chi connectivity index (χ3n) is 6.87. The molecule has 2 amide bonds. The molecule has 1 N–H and O–H groups in total. The van der Waals surface area contributed by atoms with Crippen LogP contribution in [0.15, 0.2) is 77.7 Å². The number of amides is 2. The molecule has 0 aliphatic rings. The van der Waals surface area contributed by atoms with Gasteiger partial charge in [-0.1, -0.05) is 49.7 Å². The van der Waals surface area contributed by atoms with Crippen molar-refractivity contribution in [2.45, 2.75) is 64.1 Å². The van der Waals surface area contributed by atoms with E-state index in [1.165, 1.54) is 29.2 Å². The number of aryl methyl sites for hydroxylation is 1. The number of hydrogen-bond acceptors (Lipinski definition) is 5. The Labute approximate surface area is 248 Å². The number of benzene rings is 3. The Balaban J connectivity index is 2.05. The van der Waals surface area contributed by atoms with Crippen molar-refractivity contribution in [3.63, 3.8) is 0 Å². The molecule has 0 fully saturated rings. The first-order valence-electron chi connectivity index (χ1n) is 13.6. The number of carbonyl (C=O) groups is 2. The molecule has 0 aromatic heterocycles. The van der Waals surface area contributed by atoms with Crippen molar-refractivity contribution in [1.82, 2.24) is 10.2 Å². The number of methoxy groups -OCH3 is 1. The highest BCUT2D eigenvalue weighted by Crippen LogP contribution is 2.26. The van der Waals surface area contributed by atoms with Crippen LogP contribution in [0.25, 0.3) is 0 Å². The summed E-state index contributed by atoms with van der Waals surface area (Å²) in [5.41, 5.74) is 1.95. The van der Waals surface area contributed by atoms with Gasteiger partial charge in [-0.15, -0.1) is 0 Å². The largest absolute Gasteiger partial charge is 0.497 e. The Bertz CT molecular complexity index is 1430. The van der Waals surface area contributed by atoms with Crippen LogP contribution in [0.3, 0.4) is 0 Å². The van der Waals surface area contributed by atoms with Crippen LogP contribution in [-0.4, -0.2) is 50.9 Å². The summed E-state index contributed by atoms with van der Waals surface area (Å²) in [6.07, 6.45) is 1.08. The van der Waals surface area contributed by atoms with E-state index < -0.39 is 28.5 Å². The molecule has 0 unspecified atom stereocenters. The summed E-state index contributed by atoms with van der Waals surface area (Å²) in [5.74, 6) is -0.134. The Hall–Kier alpha value is -3.56. The number of ether oxygens (including phenoxy) is 1. The fourth-order valence-electron chi connectivity index (χ4n) is 4.33. The molecule has 10 heteroatoms. The third kappa shape index (κ3) is 8.24. The monoisotopic (exact) mass is 599 g/mol. The lowest BCUT2D eigenvalue weighted by atomic mass is 10.1. The van der Waals surface area contributed by atoms with Crippen LogP contribution in [0, 0.1) is 6.92 Å². The summed E-state index contributed by atoms with van der Waals surface area (Å²) in [4.78, 5) is 28.9. The summed E-state index contributed by atoms with van der Waals surface area (Å²) in [6.45, 7) is 7.15. The maximum absolute atomic E-state index is 14.1. The van der Waals surface area contributed by atoms with Gasteiger partial charge in [0.2, 0.25) is 11.8 Å². The SMILES string of the molecule is CC[C@H](C(=O)N[C@@H](C)CC)N(Cc1ccc(OC)cc1)C(=O)CN(c1cccc(C)c1)S(=O)(=O)c1ccc(Cl)cc1. The van der Waals surface area contributed by atoms with E-state index in [0.717, 1.165) is 21.9 Å². The van der Waals surface area contributed by atoms with E-state index in [9.17, 15) is 18.0 Å². The summed E-state index contributed by atoms with van der Waals surface area (Å²) in [5, 5.41) is 3.37. The minimum atomic E-state index is -4.16. The van der Waals surface area contributed by atoms with E-state index in [1.54, 1.807) is 37.4 Å². The van der Waals surface area contributed by atoms with Crippen molar-refractivity contribution in [3.8, 4) is 5.75 Å². The predicted octanol–water partition coefficient (Wildman–Crippen LogP) is 5.57. The minimum Gasteiger partial charge on any atom is -0.497 e. The average Bonchev–Trinajstić information content (AvgIpc) is 2.96. The van der Waals surface area contributed by atoms with Crippen molar-refractivity contribution in [1.29, 1.82) is 0 Å². The molecule has 41 heavy (non-hydrogen) atoms. The molecular weight excluding hydrogens is 562 g/mol. The van der Waals surface area contributed by atoms with E-state index in [1.807, 2.05) is 45.9 Å². The molecule has 0 spiro atoms. The molecule has 0 radical (unpaired) electrons. The zero-order chi connectivity index (χ0) is 30.2. The van der Waals surface area contributed by atoms with Crippen LogP contribution >= 0.6 is 11.6 Å². The van der Waals surface area contributed by atoms with Crippen LogP contribution < -0.4 is 14.4 Å². The van der Waals surface area contributed by atoms with E-state index in [2.05, 4.69) is 5.32 Å². The van der Waals surface area contributed by atoms with Gasteiger partial charge in [0.25, 0.3) is 10.0 Å². The van der Waals surface area contributed by atoms with Gasteiger partial charge in [-0.2, -0.15) is 0 Å². The molecule has 0 saturated carbocycles. The molecule has 0 heterocycles. The molecule has 0 aliphatic carbocycles. The summed E-state index contributed by atoms with van der Waals surface area (Å²) in [6, 6.07) is 19.1. The number of anilines is 1. The number of nitrogens with one attached hydrogen (secondary N) is 1. The Morgan fingerprint density at radius 1 is 0.976 bits per heavy atom. The molecule has 220 valence electrons. The summed E-state index contributed by atoms with van der Waals surface area (Å²) < 4.78 is 34.2. The van der Waals surface area contributed by atoms with Crippen molar-refractivity contribution in [3.05, 3.63) is 88.9 Å². The highest BCUT2D eigenvalue weighted by atomic mass is 35.5. The molecule has 3 rings (SSSR count). The van der Waals surface area contributed by atoms with Gasteiger partial charge in [-0.25, -0.2) is 8.42 Å². The quantitative estimate of drug-likeness (QED) is 0.277. The topological polar surface area (TPSA) is 96.0 Å². The minimum absolute atomic E-state index is 0.000495. The van der Waals surface area contributed by atoms with Gasteiger partial charge in [0.05, 0.1) is 17.7 Å². The van der Waals surface area contributed by atoms with Crippen LogP contribution in [0.4, 0.5) is 5.69 Å². The highest BCUT2D eigenvalue weighted by molar-refractivity contribution is 7.92. The normalized spacial score (nSPS) is 12.7. The van der Waals surface area contributed by atoms with Crippen molar-refractivity contribution in [2.75, 3.05) is 18.0 Å². The molecule has 3 aromatic carbocycles. The van der Waals surface area contributed by atoms with Crippen molar-refractivity contribution in [2.24, 2.45) is 0 Å². The Morgan fingerprint density at radius 2 is 1.63 bits per heavy atom. The molecule has 8 nitrogen and oxygen atoms in total. The summed E-state index contributed by atoms with van der Waals surface area (Å²) >= 11 is 6.01. The van der Waals surface area contributed by atoms with Gasteiger partial charge >= 0.3 is 0 Å². The van der Waals surface area contributed by atoms with Crippen LogP contribution in [-0.2, 0) is 26.2 Å². The maximum atomic E-state index is 14.1. The first-order valence-corrected chi connectivity index (χ1v) is 15.4. The zero-order valence-electron chi connectivity index (χ0n) is 24.1. The predicted molar refractivity (Wildman–Crippen MR) is 163 cm³/mol. The Morgan fingerprint density at radius 3 is 2.20 bits per heavy atom. The van der Waals surface area contributed by atoms with Gasteiger partial charge in [-0.05, 0) is 86.3 Å². The standard InChI is InChI=1S/C31H38ClN3O5S/c1-6-23(4)33-31(37)29(7-2)34(20-24-11-15-27(40-5)16-12-24)30(36)21-35(26-10-8-9-22(3)19-26)41(38,39)28-17-13-25(32)14-18-28/h8-19,23,29H,6-7,20-21H2,1-5H3,(H,33,37)/t23-,29+/m0/s1. The van der Waals surface area contributed by atoms with E-state index in [-0.39, 0.29) is 23.4 Å². The highest BCUT2D eigenvalue weighted by Gasteiger charge is 2.34. The van der Waals surface area contributed by atoms with Crippen LogP contribution in [0.5, 0.6) is 5.75 Å². The van der Waals surface area contributed by atoms with Gasteiger partial charge in [0, 0.05) is 17.6 Å². The molecule has 0 bridgehead atoms. The summed E-state index contributed by atoms with van der Waals surface area (Å²) in [7, 11) is -2.60. The van der Waals surface area contributed by atoms with Crippen LogP contribution in [0.1, 0.15) is 44.7 Å². The second kappa shape index (κ2) is 14.4. The number of rotatable bonds is 13. The number of carbonyl (C=O) groups excluding carboxylic acids is 2. The van der Waals surface area contributed by atoms with Crippen LogP contribution in [0.2, 0.25) is 5.02 Å². The zero-order valence-corrected chi connectivity index (χ0v) is 25.7. The first kappa shape index (κ1) is 32.0. The van der Waals surface area contributed by atoms with Gasteiger partial charge in [-0.3, -0.25) is 13.9 Å². The van der Waals surface area contributed by atoms with Gasteiger partial charge in [0.15, 0.2) is 0 Å². The van der Waals surface area contributed by atoms with Gasteiger partial charge in [0.1, 0.15) is 18.3 Å². The smallest absolute Gasteiger partial charge is 0.264 e. The fraction of sp³-hybridized carbons (Fsp3) is 0.355. The first-order chi connectivity index (χ1) is 19.5. The second-order valence-corrected chi connectivity index (χ2v) is 12.2. The molecule has 0 saturated heterocycles. The Kier molecular flexibility index (Phi) is 11.2. The molecular formula is C31H38ClN3O5S. The maximum Gasteiger partial charge on any atom is 0.264 e. The lowest BCUT2D eigenvalue weighted by Gasteiger charge is -2.33. The molecule has 2 atom stereocenters. The number of hydrogen-bond donors (Lipinski definition) is 1. The van der Waals surface area contributed by atoms with Crippen molar-refractivity contribution >= 4 is 39.1 Å². The lowest BCUT2D eigenvalue weighted by Crippen LogP contribution is -2.53. The second-order valence-electron chi connectivity index (χ2n) is 9.92. The average molecular weight is 600 g/mol. The molecule has 3 aromatic rings. The third-order valence-corrected chi connectivity index (χ3v) is 8.91. The van der Waals surface area contributed by atoms with Gasteiger partial charge < -0.3 is 15.0 Å². The number of nitrogens with zero attached hydrogens (tertiary/aromatic N) is 2. The number of halogens is 1. The van der Waals surface area contributed by atoms with Crippen molar-refractivity contribution < 1.29 is 22.7 Å². The number of sulfonamides is 1. The fourth-order valence-corrected chi connectivity index (χ4v) is 5.87. The van der Waals surface area contributed by atoms with E-state index in [4.69, 9.17) is 16.3 Å².